The third-order valence-electron chi connectivity index (χ3n) is 6.32. The molecule has 1 aliphatic carbocycles. The Bertz CT molecular complexity index is 529. The van der Waals surface area contributed by atoms with Gasteiger partial charge in [0.2, 0.25) is 0 Å². The van der Waals surface area contributed by atoms with Crippen LogP contribution in [0.5, 0.6) is 5.75 Å². The van der Waals surface area contributed by atoms with Gasteiger partial charge in [-0.1, -0.05) is 63.1 Å². The number of ether oxygens (including phenoxy) is 1. The van der Waals surface area contributed by atoms with Crippen LogP contribution in [0.25, 0.3) is 0 Å². The lowest BCUT2D eigenvalue weighted by Crippen LogP contribution is -2.47. The van der Waals surface area contributed by atoms with Crippen molar-refractivity contribution in [1.82, 2.24) is 4.90 Å². The van der Waals surface area contributed by atoms with Crippen molar-refractivity contribution in [1.29, 1.82) is 0 Å². The summed E-state index contributed by atoms with van der Waals surface area (Å²) < 4.78 is 5.81. The molecule has 2 fully saturated rings. The normalized spacial score (nSPS) is 26.1. The van der Waals surface area contributed by atoms with Crippen LogP contribution in [0.3, 0.4) is 0 Å². The van der Waals surface area contributed by atoms with Gasteiger partial charge < -0.3 is 9.84 Å². The van der Waals surface area contributed by atoms with Gasteiger partial charge in [-0.2, -0.15) is 0 Å². The first kappa shape index (κ1) is 22.5. The topological polar surface area (TPSA) is 32.7 Å². The summed E-state index contributed by atoms with van der Waals surface area (Å²) in [7, 11) is 0. The number of β-amino-alcohol motifs (C(OH)–C–C–N with tert-alkyl or cyclic N) is 1. The van der Waals surface area contributed by atoms with Crippen LogP contribution in [0.2, 0.25) is 0 Å². The predicted octanol–water partition coefficient (Wildman–Crippen LogP) is 5.55. The molecule has 2 atom stereocenters. The first-order valence-corrected chi connectivity index (χ1v) is 10.9. The molecule has 1 aliphatic heterocycles. The van der Waals surface area contributed by atoms with E-state index in [1.54, 1.807) is 0 Å². The van der Waals surface area contributed by atoms with Gasteiger partial charge in [0.15, 0.2) is 0 Å². The van der Waals surface area contributed by atoms with Crippen molar-refractivity contribution in [2.45, 2.75) is 89.2 Å². The maximum absolute atomic E-state index is 10.9. The lowest BCUT2D eigenvalue weighted by Gasteiger charge is -2.41. The van der Waals surface area contributed by atoms with Crippen molar-refractivity contribution in [2.75, 3.05) is 19.7 Å². The Morgan fingerprint density at radius 2 is 1.59 bits per heavy atom. The number of likely N-dealkylation sites (tertiary alicyclic amines) is 1. The summed E-state index contributed by atoms with van der Waals surface area (Å²) in [5.41, 5.74) is 1.19. The molecular formula is C23H38ClNO2. The number of halogens is 1. The van der Waals surface area contributed by atoms with Crippen molar-refractivity contribution in [3.05, 3.63) is 29.8 Å². The molecule has 0 bridgehead atoms. The average Bonchev–Trinajstić information content (AvgIpc) is 2.67. The summed E-state index contributed by atoms with van der Waals surface area (Å²) in [5.74, 6) is 1.15. The number of benzene rings is 1. The highest BCUT2D eigenvalue weighted by Crippen LogP contribution is 2.36. The summed E-state index contributed by atoms with van der Waals surface area (Å²) >= 11 is 0. The van der Waals surface area contributed by atoms with Crippen molar-refractivity contribution >= 4 is 12.4 Å². The highest BCUT2D eigenvalue weighted by molar-refractivity contribution is 5.85. The van der Waals surface area contributed by atoms with E-state index in [1.165, 1.54) is 63.4 Å². The first-order valence-electron chi connectivity index (χ1n) is 10.9. The van der Waals surface area contributed by atoms with E-state index in [0.29, 0.717) is 12.6 Å². The molecule has 4 heteroatoms. The van der Waals surface area contributed by atoms with Crippen molar-refractivity contribution in [3.8, 4) is 5.75 Å². The summed E-state index contributed by atoms with van der Waals surface area (Å²) in [6, 6.07) is 8.94. The van der Waals surface area contributed by atoms with Gasteiger partial charge in [0, 0.05) is 18.5 Å². The molecule has 0 radical (unpaired) electrons. The van der Waals surface area contributed by atoms with Crippen LogP contribution in [0.1, 0.15) is 82.6 Å². The minimum Gasteiger partial charge on any atom is -0.494 e. The number of hydrogen-bond acceptors (Lipinski definition) is 3. The fraction of sp³-hybridized carbons (Fsp3) is 0.739. The maximum Gasteiger partial charge on any atom is 0.122 e. The Morgan fingerprint density at radius 3 is 2.22 bits per heavy atom. The number of piperidine rings is 1. The molecule has 2 unspecified atom stereocenters. The van der Waals surface area contributed by atoms with Gasteiger partial charge in [0.1, 0.15) is 5.75 Å². The second-order valence-corrected chi connectivity index (χ2v) is 8.13. The van der Waals surface area contributed by atoms with E-state index in [2.05, 4.69) is 17.0 Å². The summed E-state index contributed by atoms with van der Waals surface area (Å²) in [6.45, 7) is 4.62. The zero-order valence-corrected chi connectivity index (χ0v) is 17.8. The van der Waals surface area contributed by atoms with Gasteiger partial charge in [-0.25, -0.2) is 0 Å². The molecule has 1 aromatic rings. The van der Waals surface area contributed by atoms with E-state index in [-0.39, 0.29) is 24.4 Å². The Hall–Kier alpha value is -0.770. The lowest BCUT2D eigenvalue weighted by molar-refractivity contribution is 0.0233. The second kappa shape index (κ2) is 11.9. The molecule has 1 saturated carbocycles. The van der Waals surface area contributed by atoms with Crippen molar-refractivity contribution in [3.63, 3.8) is 0 Å². The van der Waals surface area contributed by atoms with Crippen molar-refractivity contribution < 1.29 is 9.84 Å². The first-order chi connectivity index (χ1) is 12.8. The molecule has 1 N–H and O–H groups in total. The van der Waals surface area contributed by atoms with Crippen molar-refractivity contribution in [2.24, 2.45) is 0 Å². The molecule has 154 valence electrons. The van der Waals surface area contributed by atoms with Gasteiger partial charge in [0.25, 0.3) is 0 Å². The van der Waals surface area contributed by atoms with Crippen LogP contribution in [0, 0.1) is 0 Å². The largest absolute Gasteiger partial charge is 0.494 e. The van der Waals surface area contributed by atoms with Gasteiger partial charge in [-0.3, -0.25) is 4.90 Å². The zero-order chi connectivity index (χ0) is 18.2. The highest BCUT2D eigenvalue weighted by atomic mass is 35.5. The number of hydrogen-bond donors (Lipinski definition) is 1. The van der Waals surface area contributed by atoms with E-state index in [0.717, 1.165) is 25.3 Å². The van der Waals surface area contributed by atoms with Crippen LogP contribution < -0.4 is 4.74 Å². The third-order valence-corrected chi connectivity index (χ3v) is 6.32. The van der Waals surface area contributed by atoms with E-state index in [9.17, 15) is 5.11 Å². The molecule has 1 saturated heterocycles. The Kier molecular flexibility index (Phi) is 9.95. The second-order valence-electron chi connectivity index (χ2n) is 8.13. The number of aliphatic hydroxyl groups excluding tert-OH is 1. The number of rotatable bonds is 4. The van der Waals surface area contributed by atoms with E-state index in [4.69, 9.17) is 4.74 Å². The summed E-state index contributed by atoms with van der Waals surface area (Å²) in [4.78, 5) is 2.59. The fourth-order valence-corrected chi connectivity index (χ4v) is 4.88. The van der Waals surface area contributed by atoms with E-state index < -0.39 is 0 Å². The number of para-hydroxylation sites is 1. The standard InChI is InChI=1S/C23H37NO2.ClH/c1-2-26-23-15-11-10-14-21(23)20-16-17-24(18-22(20)25)19-12-8-6-4-3-5-7-9-13-19;/h10-11,14-15,19-20,22,25H,2-9,12-13,16-18H2,1H3;1H. The quantitative estimate of drug-likeness (QED) is 0.725. The molecule has 1 heterocycles. The Labute approximate surface area is 171 Å². The third kappa shape index (κ3) is 6.37. The van der Waals surface area contributed by atoms with Gasteiger partial charge in [0.05, 0.1) is 12.7 Å². The fourth-order valence-electron chi connectivity index (χ4n) is 4.88. The van der Waals surface area contributed by atoms with Gasteiger partial charge in [-0.05, 0) is 44.4 Å². The molecule has 0 amide bonds. The molecule has 3 nitrogen and oxygen atoms in total. The molecule has 0 aromatic heterocycles. The highest BCUT2D eigenvalue weighted by Gasteiger charge is 2.33. The van der Waals surface area contributed by atoms with Gasteiger partial charge >= 0.3 is 0 Å². The SMILES string of the molecule is CCOc1ccccc1C1CCN(C2CCCCCCCCC2)CC1O.Cl. The Morgan fingerprint density at radius 1 is 0.963 bits per heavy atom. The van der Waals surface area contributed by atoms with E-state index >= 15 is 0 Å². The van der Waals surface area contributed by atoms with Crippen LogP contribution in [0.4, 0.5) is 0 Å². The molecule has 1 aromatic carbocycles. The number of aliphatic hydroxyl groups is 1. The smallest absolute Gasteiger partial charge is 0.122 e. The predicted molar refractivity (Wildman–Crippen MR) is 115 cm³/mol. The van der Waals surface area contributed by atoms with Gasteiger partial charge in [-0.15, -0.1) is 12.4 Å². The minimum absolute atomic E-state index is 0. The van der Waals surface area contributed by atoms with Crippen LogP contribution in [0.15, 0.2) is 24.3 Å². The monoisotopic (exact) mass is 395 g/mol. The summed E-state index contributed by atoms with van der Waals surface area (Å²) in [6.07, 6.45) is 13.1. The van der Waals surface area contributed by atoms with Crippen LogP contribution >= 0.6 is 12.4 Å². The molecule has 0 spiro atoms. The van der Waals surface area contributed by atoms with Crippen LogP contribution in [-0.2, 0) is 0 Å². The van der Waals surface area contributed by atoms with Crippen LogP contribution in [-0.4, -0.2) is 41.8 Å². The molecule has 2 aliphatic rings. The molecular weight excluding hydrogens is 358 g/mol. The lowest BCUT2D eigenvalue weighted by atomic mass is 9.85. The zero-order valence-electron chi connectivity index (χ0n) is 16.9. The summed E-state index contributed by atoms with van der Waals surface area (Å²) in [5, 5.41) is 10.9. The number of nitrogens with zero attached hydrogens (tertiary/aromatic N) is 1. The average molecular weight is 396 g/mol. The molecule has 3 rings (SSSR count). The van der Waals surface area contributed by atoms with E-state index in [1.807, 2.05) is 19.1 Å². The minimum atomic E-state index is -0.291. The Balaban J connectivity index is 0.00000261. The maximum atomic E-state index is 10.9. The molecule has 27 heavy (non-hydrogen) atoms.